The van der Waals surface area contributed by atoms with E-state index in [4.69, 9.17) is 0 Å². The average Bonchev–Trinajstić information content (AvgIpc) is 2.11. The molecule has 2 nitrogen and oxygen atoms in total. The fourth-order valence-electron chi connectivity index (χ4n) is 0.667. The maximum Gasteiger partial charge on any atom is 0.0402 e. The second-order valence-corrected chi connectivity index (χ2v) is 3.95. The summed E-state index contributed by atoms with van der Waals surface area (Å²) in [6, 6.07) is 0. The summed E-state index contributed by atoms with van der Waals surface area (Å²) in [5, 5.41) is 8.42. The maximum atomic E-state index is 4.22. The number of hydrogen-bond donors (Lipinski definition) is 0. The molecule has 0 amide bonds. The number of hydrogen-bond acceptors (Lipinski definition) is 2. The summed E-state index contributed by atoms with van der Waals surface area (Å²) in [6.07, 6.45) is 1.13. The van der Waals surface area contributed by atoms with Crippen molar-refractivity contribution in [3.05, 3.63) is 0 Å². The highest BCUT2D eigenvalue weighted by atomic mass is 15.2. The van der Waals surface area contributed by atoms with Crippen molar-refractivity contribution < 1.29 is 0 Å². The molecule has 0 spiro atoms. The summed E-state index contributed by atoms with van der Waals surface area (Å²) in [7, 11) is 0. The Labute approximate surface area is 82.1 Å². The number of rotatable bonds is 4. The average molecular weight is 182 g/mol. The molecular weight excluding hydrogens is 160 g/mol. The summed E-state index contributed by atoms with van der Waals surface area (Å²) in [4.78, 5) is 0. The predicted molar refractivity (Wildman–Crippen MR) is 60.5 cm³/mol. The van der Waals surface area contributed by atoms with Gasteiger partial charge in [0.25, 0.3) is 0 Å². The van der Waals surface area contributed by atoms with Gasteiger partial charge in [-0.15, -0.1) is 0 Å². The van der Waals surface area contributed by atoms with Crippen molar-refractivity contribution in [2.75, 3.05) is 0 Å². The van der Waals surface area contributed by atoms with Crippen molar-refractivity contribution in [3.8, 4) is 0 Å². The van der Waals surface area contributed by atoms with Crippen LogP contribution in [0.5, 0.6) is 0 Å². The molecule has 1 atom stereocenters. The highest BCUT2D eigenvalue weighted by molar-refractivity contribution is 5.87. The zero-order valence-electron chi connectivity index (χ0n) is 9.76. The van der Waals surface area contributed by atoms with Gasteiger partial charge < -0.3 is 0 Å². The van der Waals surface area contributed by atoms with Gasteiger partial charge in [-0.05, 0) is 32.1 Å². The molecule has 0 aliphatic rings. The van der Waals surface area contributed by atoms with Gasteiger partial charge in [-0.25, -0.2) is 0 Å². The molecule has 0 aromatic heterocycles. The monoisotopic (exact) mass is 182 g/mol. The first-order chi connectivity index (χ1) is 5.99. The summed E-state index contributed by atoms with van der Waals surface area (Å²) in [5.41, 5.74) is 2.23. The first kappa shape index (κ1) is 12.3. The van der Waals surface area contributed by atoms with E-state index in [0.717, 1.165) is 17.8 Å². The first-order valence-electron chi connectivity index (χ1n) is 5.07. The zero-order chi connectivity index (χ0) is 10.4. The fraction of sp³-hybridized carbons (Fsp3) is 0.818. The molecule has 0 aliphatic carbocycles. The smallest absolute Gasteiger partial charge is 0.0402 e. The zero-order valence-corrected chi connectivity index (χ0v) is 9.76. The highest BCUT2D eigenvalue weighted by Gasteiger charge is 2.02. The molecule has 0 aromatic rings. The third-order valence-electron chi connectivity index (χ3n) is 2.53. The lowest BCUT2D eigenvalue weighted by molar-refractivity contribution is 0.731. The Morgan fingerprint density at radius 2 is 1.46 bits per heavy atom. The van der Waals surface area contributed by atoms with E-state index in [1.54, 1.807) is 0 Å². The topological polar surface area (TPSA) is 24.7 Å². The van der Waals surface area contributed by atoms with Crippen LogP contribution in [0.25, 0.3) is 0 Å². The van der Waals surface area contributed by atoms with Crippen LogP contribution in [0.3, 0.4) is 0 Å². The quantitative estimate of drug-likeness (QED) is 0.469. The largest absolute Gasteiger partial charge is 0.160 e. The molecule has 0 saturated heterocycles. The van der Waals surface area contributed by atoms with Crippen LogP contribution < -0.4 is 0 Å². The number of nitrogens with zero attached hydrogens (tertiary/aromatic N) is 2. The predicted octanol–water partition coefficient (Wildman–Crippen LogP) is 3.53. The van der Waals surface area contributed by atoms with E-state index in [0.29, 0.717) is 11.8 Å². The Hall–Kier alpha value is -0.660. The lowest BCUT2D eigenvalue weighted by Gasteiger charge is -2.06. The van der Waals surface area contributed by atoms with Crippen LogP contribution >= 0.6 is 0 Å². The van der Waals surface area contributed by atoms with E-state index < -0.39 is 0 Å². The summed E-state index contributed by atoms with van der Waals surface area (Å²) in [6.45, 7) is 12.7. The van der Waals surface area contributed by atoms with Crippen LogP contribution in [0, 0.1) is 11.8 Å². The summed E-state index contributed by atoms with van der Waals surface area (Å²) >= 11 is 0. The van der Waals surface area contributed by atoms with Crippen LogP contribution in [0.4, 0.5) is 0 Å². The molecule has 2 heteroatoms. The lowest BCUT2D eigenvalue weighted by Crippen LogP contribution is -2.06. The van der Waals surface area contributed by atoms with E-state index in [9.17, 15) is 0 Å². The third kappa shape index (κ3) is 4.81. The highest BCUT2D eigenvalue weighted by Crippen LogP contribution is 2.04. The first-order valence-corrected chi connectivity index (χ1v) is 5.07. The van der Waals surface area contributed by atoms with Gasteiger partial charge in [0.2, 0.25) is 0 Å². The maximum absolute atomic E-state index is 4.22. The van der Waals surface area contributed by atoms with Gasteiger partial charge in [-0.1, -0.05) is 27.7 Å². The molecule has 0 aromatic carbocycles. The second-order valence-electron chi connectivity index (χ2n) is 3.95. The summed E-state index contributed by atoms with van der Waals surface area (Å²) in [5.74, 6) is 1.04. The van der Waals surface area contributed by atoms with Crippen molar-refractivity contribution in [3.63, 3.8) is 0 Å². The molecule has 76 valence electrons. The van der Waals surface area contributed by atoms with E-state index in [1.807, 2.05) is 13.8 Å². The Kier molecular flexibility index (Phi) is 5.60. The van der Waals surface area contributed by atoms with E-state index in [1.165, 1.54) is 0 Å². The standard InChI is InChI=1S/C11H22N2/c1-7-9(4)11(6)13-12-10(5)8(2)3/h8-9H,7H2,1-6H3/b12-10+,13-11+. The molecule has 0 radical (unpaired) electrons. The molecule has 0 rings (SSSR count). The molecule has 0 N–H and O–H groups in total. The Morgan fingerprint density at radius 1 is 1.00 bits per heavy atom. The molecule has 0 bridgehead atoms. The normalized spacial score (nSPS) is 16.5. The van der Waals surface area contributed by atoms with Gasteiger partial charge in [-0.3, -0.25) is 0 Å². The van der Waals surface area contributed by atoms with Crippen LogP contribution in [-0.4, -0.2) is 11.4 Å². The van der Waals surface area contributed by atoms with E-state index in [2.05, 4.69) is 37.9 Å². The minimum absolute atomic E-state index is 0.494. The van der Waals surface area contributed by atoms with E-state index >= 15 is 0 Å². The summed E-state index contributed by atoms with van der Waals surface area (Å²) < 4.78 is 0. The molecule has 0 fully saturated rings. The van der Waals surface area contributed by atoms with Gasteiger partial charge in [0.1, 0.15) is 0 Å². The van der Waals surface area contributed by atoms with Crippen LogP contribution in [0.2, 0.25) is 0 Å². The van der Waals surface area contributed by atoms with Crippen molar-refractivity contribution in [1.82, 2.24) is 0 Å². The Bertz CT molecular complexity index is 202. The lowest BCUT2D eigenvalue weighted by atomic mass is 10.1. The van der Waals surface area contributed by atoms with E-state index in [-0.39, 0.29) is 0 Å². The van der Waals surface area contributed by atoms with Crippen molar-refractivity contribution >= 4 is 11.4 Å². The minimum atomic E-state index is 0.494. The van der Waals surface area contributed by atoms with Crippen LogP contribution in [0.15, 0.2) is 10.2 Å². The van der Waals surface area contributed by atoms with Crippen LogP contribution in [0.1, 0.15) is 48.0 Å². The third-order valence-corrected chi connectivity index (χ3v) is 2.53. The Balaban J connectivity index is 4.32. The van der Waals surface area contributed by atoms with Gasteiger partial charge in [0.15, 0.2) is 0 Å². The second kappa shape index (κ2) is 5.90. The van der Waals surface area contributed by atoms with Gasteiger partial charge in [0.05, 0.1) is 0 Å². The van der Waals surface area contributed by atoms with Gasteiger partial charge >= 0.3 is 0 Å². The molecule has 0 saturated carbocycles. The van der Waals surface area contributed by atoms with Gasteiger partial charge in [0, 0.05) is 11.4 Å². The molecular formula is C11H22N2. The molecule has 1 unspecified atom stereocenters. The Morgan fingerprint density at radius 3 is 1.85 bits per heavy atom. The fourth-order valence-corrected chi connectivity index (χ4v) is 0.667. The molecule has 0 heterocycles. The molecule has 0 aliphatic heterocycles. The van der Waals surface area contributed by atoms with Crippen LogP contribution in [-0.2, 0) is 0 Å². The SMILES string of the molecule is CCC(C)/C(C)=N/N=C(\C)C(C)C. The minimum Gasteiger partial charge on any atom is -0.160 e. The van der Waals surface area contributed by atoms with Crippen molar-refractivity contribution in [2.24, 2.45) is 22.0 Å². The van der Waals surface area contributed by atoms with Crippen molar-refractivity contribution in [1.29, 1.82) is 0 Å². The van der Waals surface area contributed by atoms with Gasteiger partial charge in [-0.2, -0.15) is 10.2 Å². The molecule has 13 heavy (non-hydrogen) atoms. The van der Waals surface area contributed by atoms with Crippen molar-refractivity contribution in [2.45, 2.75) is 48.0 Å².